The van der Waals surface area contributed by atoms with Crippen molar-refractivity contribution in [2.45, 2.75) is 18.2 Å². The number of hydrogen-bond donors (Lipinski definition) is 1. The van der Waals surface area contributed by atoms with Gasteiger partial charge in [-0.15, -0.1) is 10.2 Å². The maximum absolute atomic E-state index is 11.7. The van der Waals surface area contributed by atoms with E-state index in [2.05, 4.69) is 14.9 Å². The van der Waals surface area contributed by atoms with Crippen LogP contribution in [0.15, 0.2) is 4.34 Å². The first kappa shape index (κ1) is 15.3. The minimum atomic E-state index is -3.71. The van der Waals surface area contributed by atoms with Gasteiger partial charge >= 0.3 is 10.2 Å². The van der Waals surface area contributed by atoms with Gasteiger partial charge in [0.15, 0.2) is 0 Å². The molecular weight excluding hydrogens is 300 g/mol. The lowest BCUT2D eigenvalue weighted by Crippen LogP contribution is -2.38. The van der Waals surface area contributed by atoms with Crippen molar-refractivity contribution < 1.29 is 16.8 Å². The molecule has 0 aliphatic rings. The zero-order valence-corrected chi connectivity index (χ0v) is 12.6. The van der Waals surface area contributed by atoms with Gasteiger partial charge in [0.2, 0.25) is 19.3 Å². The summed E-state index contributed by atoms with van der Waals surface area (Å²) < 4.78 is 49.4. The van der Waals surface area contributed by atoms with Crippen LogP contribution >= 0.6 is 11.3 Å². The summed E-state index contributed by atoms with van der Waals surface area (Å²) in [5, 5.41) is 7.08. The van der Waals surface area contributed by atoms with Crippen LogP contribution in [0.5, 0.6) is 0 Å². The molecule has 1 aromatic heterocycles. The maximum Gasteiger partial charge on any atom is 0.303 e. The summed E-state index contributed by atoms with van der Waals surface area (Å²) in [4.78, 5) is 0. The van der Waals surface area contributed by atoms with Crippen molar-refractivity contribution in [3.63, 3.8) is 0 Å². The van der Waals surface area contributed by atoms with Crippen molar-refractivity contribution in [3.8, 4) is 0 Å². The molecule has 104 valence electrons. The maximum atomic E-state index is 11.7. The minimum absolute atomic E-state index is 0.00275. The molecule has 0 atom stereocenters. The van der Waals surface area contributed by atoms with Gasteiger partial charge in [-0.2, -0.15) is 13.1 Å². The zero-order chi connectivity index (χ0) is 14.0. The molecule has 0 saturated heterocycles. The average molecular weight is 314 g/mol. The summed E-state index contributed by atoms with van der Waals surface area (Å²) >= 11 is 0.722. The molecule has 0 bridgehead atoms. The lowest BCUT2D eigenvalue weighted by Gasteiger charge is -2.14. The fourth-order valence-electron chi connectivity index (χ4n) is 0.961. The summed E-state index contributed by atoms with van der Waals surface area (Å²) in [6.07, 6.45) is 0. The normalized spacial score (nSPS) is 12.6. The Hall–Kier alpha value is -0.780. The van der Waals surface area contributed by atoms with Crippen LogP contribution in [0.3, 0.4) is 0 Å². The van der Waals surface area contributed by atoms with Gasteiger partial charge in [0.1, 0.15) is 0 Å². The number of anilines is 1. The second kappa shape index (κ2) is 5.47. The molecule has 0 spiro atoms. The van der Waals surface area contributed by atoms with E-state index in [0.717, 1.165) is 15.6 Å². The Bertz CT molecular complexity index is 606. The third-order valence-corrected chi connectivity index (χ3v) is 6.84. The van der Waals surface area contributed by atoms with Crippen molar-refractivity contribution >= 4 is 36.5 Å². The molecule has 0 unspecified atom stereocenters. The quantitative estimate of drug-likeness (QED) is 0.766. The second-order valence-electron chi connectivity index (χ2n) is 3.22. The lowest BCUT2D eigenvalue weighted by molar-refractivity contribution is 0.582. The van der Waals surface area contributed by atoms with E-state index in [1.54, 1.807) is 6.92 Å². The molecule has 0 fully saturated rings. The Morgan fingerprint density at radius 3 is 2.33 bits per heavy atom. The van der Waals surface area contributed by atoms with E-state index in [1.165, 1.54) is 14.0 Å². The highest BCUT2D eigenvalue weighted by Gasteiger charge is 2.24. The van der Waals surface area contributed by atoms with Crippen LogP contribution in [-0.2, 0) is 20.0 Å². The number of nitrogens with one attached hydrogen (secondary N) is 1. The highest BCUT2D eigenvalue weighted by Crippen LogP contribution is 2.24. The average Bonchev–Trinajstić information content (AvgIpc) is 2.77. The highest BCUT2D eigenvalue weighted by atomic mass is 32.2. The molecule has 0 aliphatic carbocycles. The monoisotopic (exact) mass is 314 g/mol. The molecular formula is C7H14N4O4S3. The van der Waals surface area contributed by atoms with E-state index < -0.39 is 20.0 Å². The number of sulfone groups is 1. The van der Waals surface area contributed by atoms with E-state index in [1.807, 2.05) is 0 Å². The Morgan fingerprint density at radius 1 is 1.22 bits per heavy atom. The molecule has 0 aliphatic heterocycles. The van der Waals surface area contributed by atoms with E-state index in [9.17, 15) is 16.8 Å². The van der Waals surface area contributed by atoms with Crippen molar-refractivity contribution in [2.24, 2.45) is 0 Å². The Morgan fingerprint density at radius 2 is 1.83 bits per heavy atom. The topological polar surface area (TPSA) is 109 Å². The standard InChI is InChI=1S/C7H14N4O4S3/c1-4-8-18(14,15)11(3)6-9-10-7(16-6)17(12,13)5-2/h8H,4-5H2,1-3H3. The van der Waals surface area contributed by atoms with Gasteiger partial charge in [-0.05, 0) is 0 Å². The van der Waals surface area contributed by atoms with Gasteiger partial charge in [0.05, 0.1) is 5.75 Å². The molecule has 0 radical (unpaired) electrons. The van der Waals surface area contributed by atoms with Crippen molar-refractivity contribution in [3.05, 3.63) is 0 Å². The first-order valence-corrected chi connectivity index (χ1v) is 8.95. The summed E-state index contributed by atoms with van der Waals surface area (Å²) in [6, 6.07) is 0. The SMILES string of the molecule is CCNS(=O)(=O)N(C)c1nnc(S(=O)(=O)CC)s1. The third-order valence-electron chi connectivity index (χ3n) is 2.00. The number of rotatable bonds is 6. The third kappa shape index (κ3) is 3.16. The van der Waals surface area contributed by atoms with E-state index in [-0.39, 0.29) is 21.8 Å². The number of aromatic nitrogens is 2. The lowest BCUT2D eigenvalue weighted by atomic mass is 10.8. The molecule has 1 aromatic rings. The number of nitrogens with zero attached hydrogens (tertiary/aromatic N) is 3. The van der Waals surface area contributed by atoms with E-state index in [0.29, 0.717) is 0 Å². The summed E-state index contributed by atoms with van der Waals surface area (Å²) in [6.45, 7) is 3.35. The molecule has 1 rings (SSSR count). The Labute approximate surface area is 110 Å². The van der Waals surface area contributed by atoms with Crippen LogP contribution in [0.2, 0.25) is 0 Å². The van der Waals surface area contributed by atoms with Gasteiger partial charge in [-0.25, -0.2) is 12.7 Å². The van der Waals surface area contributed by atoms with Crippen LogP contribution in [0, 0.1) is 0 Å². The van der Waals surface area contributed by atoms with E-state index >= 15 is 0 Å². The van der Waals surface area contributed by atoms with Gasteiger partial charge in [-0.3, -0.25) is 0 Å². The van der Waals surface area contributed by atoms with Crippen molar-refractivity contribution in [1.29, 1.82) is 0 Å². The van der Waals surface area contributed by atoms with Crippen LogP contribution in [0.4, 0.5) is 5.13 Å². The number of hydrogen-bond acceptors (Lipinski definition) is 7. The van der Waals surface area contributed by atoms with Gasteiger partial charge in [-0.1, -0.05) is 25.2 Å². The van der Waals surface area contributed by atoms with Crippen LogP contribution < -0.4 is 9.03 Å². The van der Waals surface area contributed by atoms with Gasteiger partial charge in [0.25, 0.3) is 0 Å². The highest BCUT2D eigenvalue weighted by molar-refractivity contribution is 7.93. The van der Waals surface area contributed by atoms with Crippen LogP contribution in [-0.4, -0.2) is 46.4 Å². The molecule has 11 heteroatoms. The largest absolute Gasteiger partial charge is 0.303 e. The van der Waals surface area contributed by atoms with E-state index in [4.69, 9.17) is 0 Å². The molecule has 0 amide bonds. The van der Waals surface area contributed by atoms with Crippen LogP contribution in [0.1, 0.15) is 13.8 Å². The molecule has 1 heterocycles. The van der Waals surface area contributed by atoms with Gasteiger partial charge in [0, 0.05) is 13.6 Å². The summed E-state index contributed by atoms with van der Waals surface area (Å²) in [7, 11) is -5.89. The first-order valence-electron chi connectivity index (χ1n) is 5.04. The molecule has 8 nitrogen and oxygen atoms in total. The van der Waals surface area contributed by atoms with Crippen molar-refractivity contribution in [2.75, 3.05) is 23.7 Å². The summed E-state index contributed by atoms with van der Waals surface area (Å²) in [5.41, 5.74) is 0. The molecule has 0 saturated carbocycles. The summed E-state index contributed by atoms with van der Waals surface area (Å²) in [5.74, 6) is -0.106. The minimum Gasteiger partial charge on any atom is -0.234 e. The molecule has 1 N–H and O–H groups in total. The smallest absolute Gasteiger partial charge is 0.234 e. The fourth-order valence-corrected chi connectivity index (χ4v) is 4.11. The Balaban J connectivity index is 3.08. The first-order chi connectivity index (χ1) is 8.24. The zero-order valence-electron chi connectivity index (χ0n) is 10.1. The molecule has 0 aromatic carbocycles. The Kier molecular flexibility index (Phi) is 4.64. The van der Waals surface area contributed by atoms with Crippen LogP contribution in [0.25, 0.3) is 0 Å². The predicted molar refractivity (Wildman–Crippen MR) is 68.6 cm³/mol. The van der Waals surface area contributed by atoms with Crippen molar-refractivity contribution in [1.82, 2.24) is 14.9 Å². The predicted octanol–water partition coefficient (Wildman–Crippen LogP) is -0.378. The molecule has 18 heavy (non-hydrogen) atoms. The van der Waals surface area contributed by atoms with Gasteiger partial charge < -0.3 is 0 Å². The fraction of sp³-hybridized carbons (Fsp3) is 0.714. The second-order valence-corrected chi connectivity index (χ2v) is 8.42.